The van der Waals surface area contributed by atoms with Crippen molar-refractivity contribution in [3.05, 3.63) is 59.7 Å². The predicted molar refractivity (Wildman–Crippen MR) is 99.1 cm³/mol. The molecule has 1 N–H and O–H groups in total. The standard InChI is InChI=1S/C20H20FN3O3/c1-12(2)19-23-20(27-24-19)14-5-7-15(8-6-14)26-11-18(25)22-17-9-4-13(3)10-16(17)21/h4-10,12H,11H2,1-3H3,(H,22,25). The summed E-state index contributed by atoms with van der Waals surface area (Å²) in [6, 6.07) is 11.5. The molecule has 7 heteroatoms. The molecule has 0 aliphatic heterocycles. The summed E-state index contributed by atoms with van der Waals surface area (Å²) < 4.78 is 24.4. The lowest BCUT2D eigenvalue weighted by molar-refractivity contribution is -0.118. The number of nitrogens with one attached hydrogen (secondary N) is 1. The number of carbonyl (C=O) groups excluding carboxylic acids is 1. The van der Waals surface area contributed by atoms with Crippen LogP contribution in [0.3, 0.4) is 0 Å². The summed E-state index contributed by atoms with van der Waals surface area (Å²) in [6.45, 7) is 5.52. The van der Waals surface area contributed by atoms with E-state index in [1.807, 2.05) is 13.8 Å². The number of nitrogens with zero attached hydrogens (tertiary/aromatic N) is 2. The van der Waals surface area contributed by atoms with Crippen LogP contribution in [0.5, 0.6) is 5.75 Å². The molecular weight excluding hydrogens is 349 g/mol. The Balaban J connectivity index is 1.57. The Morgan fingerprint density at radius 1 is 1.22 bits per heavy atom. The third-order valence-electron chi connectivity index (χ3n) is 3.83. The molecule has 0 radical (unpaired) electrons. The van der Waals surface area contributed by atoms with E-state index in [-0.39, 0.29) is 18.2 Å². The van der Waals surface area contributed by atoms with Crippen LogP contribution in [0.1, 0.15) is 31.2 Å². The van der Waals surface area contributed by atoms with E-state index in [0.717, 1.165) is 11.1 Å². The molecular formula is C20H20FN3O3. The zero-order chi connectivity index (χ0) is 19.4. The zero-order valence-corrected chi connectivity index (χ0v) is 15.3. The molecule has 0 bridgehead atoms. The molecule has 2 aromatic carbocycles. The maximum absolute atomic E-state index is 13.8. The number of halogens is 1. The molecule has 6 nitrogen and oxygen atoms in total. The summed E-state index contributed by atoms with van der Waals surface area (Å²) in [5.74, 6) is 0.834. The van der Waals surface area contributed by atoms with Gasteiger partial charge in [0.25, 0.3) is 11.8 Å². The van der Waals surface area contributed by atoms with Gasteiger partial charge in [-0.15, -0.1) is 0 Å². The lowest BCUT2D eigenvalue weighted by atomic mass is 10.2. The van der Waals surface area contributed by atoms with E-state index < -0.39 is 11.7 Å². The van der Waals surface area contributed by atoms with Crippen molar-refractivity contribution in [3.8, 4) is 17.2 Å². The Bertz CT molecular complexity index is 936. The summed E-state index contributed by atoms with van der Waals surface area (Å²) in [5.41, 5.74) is 1.67. The highest BCUT2D eigenvalue weighted by molar-refractivity contribution is 5.92. The number of hydrogen-bond donors (Lipinski definition) is 1. The van der Waals surface area contributed by atoms with Gasteiger partial charge in [-0.3, -0.25) is 4.79 Å². The quantitative estimate of drug-likeness (QED) is 0.700. The number of benzene rings is 2. The first-order valence-electron chi connectivity index (χ1n) is 8.55. The number of carbonyl (C=O) groups is 1. The molecule has 1 heterocycles. The normalized spacial score (nSPS) is 10.9. The fourth-order valence-electron chi connectivity index (χ4n) is 2.34. The summed E-state index contributed by atoms with van der Waals surface area (Å²) in [5, 5.41) is 6.41. The first-order chi connectivity index (χ1) is 12.9. The van der Waals surface area contributed by atoms with Gasteiger partial charge in [-0.2, -0.15) is 4.98 Å². The monoisotopic (exact) mass is 369 g/mol. The van der Waals surface area contributed by atoms with Crippen molar-refractivity contribution >= 4 is 11.6 Å². The van der Waals surface area contributed by atoms with Crippen molar-refractivity contribution in [2.24, 2.45) is 0 Å². The Hall–Kier alpha value is -3.22. The number of amides is 1. The number of aromatic nitrogens is 2. The molecule has 0 spiro atoms. The fourth-order valence-corrected chi connectivity index (χ4v) is 2.34. The first kappa shape index (κ1) is 18.6. The SMILES string of the molecule is Cc1ccc(NC(=O)COc2ccc(-c3nc(C(C)C)no3)cc2)c(F)c1. The topological polar surface area (TPSA) is 77.2 Å². The smallest absolute Gasteiger partial charge is 0.262 e. The number of ether oxygens (including phenoxy) is 1. The lowest BCUT2D eigenvalue weighted by Crippen LogP contribution is -2.20. The van der Waals surface area contributed by atoms with Gasteiger partial charge in [-0.1, -0.05) is 25.1 Å². The molecule has 1 amide bonds. The molecule has 3 rings (SSSR count). The molecule has 0 aliphatic rings. The third-order valence-corrected chi connectivity index (χ3v) is 3.83. The van der Waals surface area contributed by atoms with Gasteiger partial charge in [-0.25, -0.2) is 4.39 Å². The van der Waals surface area contributed by atoms with Crippen LogP contribution in [0.4, 0.5) is 10.1 Å². The molecule has 140 valence electrons. The van der Waals surface area contributed by atoms with Crippen LogP contribution in [0.15, 0.2) is 47.0 Å². The van der Waals surface area contributed by atoms with Crippen LogP contribution in [-0.2, 0) is 4.79 Å². The van der Waals surface area contributed by atoms with E-state index in [1.165, 1.54) is 12.1 Å². The molecule has 0 aliphatic carbocycles. The van der Waals surface area contributed by atoms with Crippen molar-refractivity contribution in [1.29, 1.82) is 0 Å². The highest BCUT2D eigenvalue weighted by atomic mass is 19.1. The minimum Gasteiger partial charge on any atom is -0.484 e. The average molecular weight is 369 g/mol. The molecule has 1 aromatic heterocycles. The van der Waals surface area contributed by atoms with Gasteiger partial charge in [0.15, 0.2) is 12.4 Å². The van der Waals surface area contributed by atoms with Crippen LogP contribution in [0.25, 0.3) is 11.5 Å². The second kappa shape index (κ2) is 7.99. The van der Waals surface area contributed by atoms with Crippen molar-refractivity contribution in [1.82, 2.24) is 10.1 Å². The summed E-state index contributed by atoms with van der Waals surface area (Å²) in [4.78, 5) is 16.3. The molecule has 0 atom stereocenters. The maximum atomic E-state index is 13.8. The van der Waals surface area contributed by atoms with Gasteiger partial charge < -0.3 is 14.6 Å². The third kappa shape index (κ3) is 4.69. The number of hydrogen-bond acceptors (Lipinski definition) is 5. The minimum atomic E-state index is -0.479. The Morgan fingerprint density at radius 2 is 1.96 bits per heavy atom. The highest BCUT2D eigenvalue weighted by Gasteiger charge is 2.12. The Morgan fingerprint density at radius 3 is 2.59 bits per heavy atom. The average Bonchev–Trinajstić information content (AvgIpc) is 3.13. The van der Waals surface area contributed by atoms with Crippen molar-refractivity contribution in [3.63, 3.8) is 0 Å². The van der Waals surface area contributed by atoms with Crippen LogP contribution in [-0.4, -0.2) is 22.7 Å². The highest BCUT2D eigenvalue weighted by Crippen LogP contribution is 2.22. The van der Waals surface area contributed by atoms with Crippen LogP contribution in [0, 0.1) is 12.7 Å². The van der Waals surface area contributed by atoms with E-state index in [9.17, 15) is 9.18 Å². The summed E-state index contributed by atoms with van der Waals surface area (Å²) in [7, 11) is 0. The largest absolute Gasteiger partial charge is 0.484 e. The maximum Gasteiger partial charge on any atom is 0.262 e. The number of aryl methyl sites for hydroxylation is 1. The van der Waals surface area contributed by atoms with Crippen molar-refractivity contribution in [2.75, 3.05) is 11.9 Å². The van der Waals surface area contributed by atoms with Crippen molar-refractivity contribution < 1.29 is 18.4 Å². The molecule has 0 fully saturated rings. The summed E-state index contributed by atoms with van der Waals surface area (Å²) in [6.07, 6.45) is 0. The van der Waals surface area contributed by atoms with E-state index in [0.29, 0.717) is 17.5 Å². The molecule has 0 unspecified atom stereocenters. The Labute approximate surface area is 156 Å². The molecule has 0 saturated heterocycles. The molecule has 3 aromatic rings. The van der Waals surface area contributed by atoms with Crippen LogP contribution in [0.2, 0.25) is 0 Å². The van der Waals surface area contributed by atoms with Crippen LogP contribution < -0.4 is 10.1 Å². The molecule has 27 heavy (non-hydrogen) atoms. The predicted octanol–water partition coefficient (Wildman–Crippen LogP) is 4.33. The zero-order valence-electron chi connectivity index (χ0n) is 15.3. The van der Waals surface area contributed by atoms with Gasteiger partial charge in [0.2, 0.25) is 0 Å². The minimum absolute atomic E-state index is 0.127. The van der Waals surface area contributed by atoms with Crippen molar-refractivity contribution in [2.45, 2.75) is 26.7 Å². The van der Waals surface area contributed by atoms with E-state index in [2.05, 4.69) is 15.5 Å². The van der Waals surface area contributed by atoms with Gasteiger partial charge in [0.1, 0.15) is 11.6 Å². The molecule has 0 saturated carbocycles. The van der Waals surface area contributed by atoms with Gasteiger partial charge >= 0.3 is 0 Å². The lowest BCUT2D eigenvalue weighted by Gasteiger charge is -2.09. The van der Waals surface area contributed by atoms with E-state index >= 15 is 0 Å². The van der Waals surface area contributed by atoms with E-state index in [4.69, 9.17) is 9.26 Å². The van der Waals surface area contributed by atoms with E-state index in [1.54, 1.807) is 37.3 Å². The van der Waals surface area contributed by atoms with Crippen LogP contribution >= 0.6 is 0 Å². The second-order valence-corrected chi connectivity index (χ2v) is 6.46. The Kier molecular flexibility index (Phi) is 5.49. The summed E-state index contributed by atoms with van der Waals surface area (Å²) >= 11 is 0. The number of rotatable bonds is 6. The fraction of sp³-hybridized carbons (Fsp3) is 0.250. The van der Waals surface area contributed by atoms with Gasteiger partial charge in [0.05, 0.1) is 5.69 Å². The van der Waals surface area contributed by atoms with Gasteiger partial charge in [0, 0.05) is 11.5 Å². The first-order valence-corrected chi connectivity index (χ1v) is 8.55. The second-order valence-electron chi connectivity index (χ2n) is 6.46. The van der Waals surface area contributed by atoms with Gasteiger partial charge in [-0.05, 0) is 48.9 Å². The number of anilines is 1.